The van der Waals surface area contributed by atoms with Crippen LogP contribution in [0, 0.1) is 20.7 Å². The Morgan fingerprint density at radius 3 is 2.85 bits per heavy atom. The minimum absolute atomic E-state index is 0.223. The van der Waals surface area contributed by atoms with Gasteiger partial charge in [0.2, 0.25) is 0 Å². The molecule has 0 N–H and O–H groups in total. The summed E-state index contributed by atoms with van der Waals surface area (Å²) >= 11 is 3.26. The SMILES string of the molecule is N#Cc1cc2cc(I)c(F)cc2s1. The van der Waals surface area contributed by atoms with Gasteiger partial charge in [-0.05, 0) is 46.2 Å². The van der Waals surface area contributed by atoms with Crippen LogP contribution in [0.1, 0.15) is 4.88 Å². The number of hydrogen-bond acceptors (Lipinski definition) is 2. The molecule has 13 heavy (non-hydrogen) atoms. The third kappa shape index (κ3) is 1.54. The van der Waals surface area contributed by atoms with E-state index in [1.54, 1.807) is 12.1 Å². The second-order valence-electron chi connectivity index (χ2n) is 2.53. The van der Waals surface area contributed by atoms with Gasteiger partial charge in [-0.25, -0.2) is 4.39 Å². The zero-order valence-corrected chi connectivity index (χ0v) is 9.32. The molecule has 0 atom stereocenters. The maximum absolute atomic E-state index is 13.1. The van der Waals surface area contributed by atoms with Crippen molar-refractivity contribution < 1.29 is 4.39 Å². The van der Waals surface area contributed by atoms with Crippen LogP contribution in [0.15, 0.2) is 18.2 Å². The molecule has 1 aromatic carbocycles. The molecule has 0 saturated carbocycles. The maximum atomic E-state index is 13.1. The van der Waals surface area contributed by atoms with Crippen molar-refractivity contribution in [2.45, 2.75) is 0 Å². The Morgan fingerprint density at radius 1 is 1.38 bits per heavy atom. The molecule has 0 fully saturated rings. The van der Waals surface area contributed by atoms with Gasteiger partial charge in [0.15, 0.2) is 0 Å². The molecule has 0 aliphatic rings. The van der Waals surface area contributed by atoms with Crippen LogP contribution in [0.2, 0.25) is 0 Å². The quantitative estimate of drug-likeness (QED) is 0.683. The summed E-state index contributed by atoms with van der Waals surface area (Å²) < 4.78 is 14.5. The Morgan fingerprint density at radius 2 is 2.15 bits per heavy atom. The summed E-state index contributed by atoms with van der Waals surface area (Å²) in [7, 11) is 0. The highest BCUT2D eigenvalue weighted by atomic mass is 127. The van der Waals surface area contributed by atoms with E-state index in [-0.39, 0.29) is 5.82 Å². The molecule has 0 amide bonds. The standard InChI is InChI=1S/C9H3FINS/c10-7-3-9-5(2-8(7)11)1-6(4-12)13-9/h1-3H. The van der Waals surface area contributed by atoms with Crippen molar-refractivity contribution in [3.8, 4) is 6.07 Å². The first kappa shape index (κ1) is 8.91. The van der Waals surface area contributed by atoms with E-state index in [0.717, 1.165) is 10.1 Å². The van der Waals surface area contributed by atoms with Crippen LogP contribution in [0.4, 0.5) is 4.39 Å². The van der Waals surface area contributed by atoms with E-state index >= 15 is 0 Å². The van der Waals surface area contributed by atoms with Crippen molar-refractivity contribution in [1.82, 2.24) is 0 Å². The molecule has 0 unspecified atom stereocenters. The Kier molecular flexibility index (Phi) is 2.22. The summed E-state index contributed by atoms with van der Waals surface area (Å²) in [4.78, 5) is 0.622. The molecule has 1 nitrogen and oxygen atoms in total. The minimum Gasteiger partial charge on any atom is -0.206 e. The van der Waals surface area contributed by atoms with Gasteiger partial charge in [-0.1, -0.05) is 0 Å². The summed E-state index contributed by atoms with van der Waals surface area (Å²) in [6, 6.07) is 7.06. The minimum atomic E-state index is -0.223. The molecule has 0 spiro atoms. The molecule has 0 saturated heterocycles. The first-order valence-corrected chi connectivity index (χ1v) is 5.39. The Hall–Kier alpha value is -0.670. The summed E-state index contributed by atoms with van der Waals surface area (Å²) in [6.07, 6.45) is 0. The molecule has 0 aliphatic carbocycles. The summed E-state index contributed by atoms with van der Waals surface area (Å²) in [6.45, 7) is 0. The Bertz CT molecular complexity index is 473. The molecule has 0 radical (unpaired) electrons. The van der Waals surface area contributed by atoms with Gasteiger partial charge in [-0.2, -0.15) is 5.26 Å². The number of halogens is 2. The van der Waals surface area contributed by atoms with E-state index in [9.17, 15) is 4.39 Å². The molecule has 0 bridgehead atoms. The Balaban J connectivity index is 2.79. The van der Waals surface area contributed by atoms with Gasteiger partial charge in [-0.15, -0.1) is 11.3 Å². The van der Waals surface area contributed by atoms with Crippen molar-refractivity contribution in [3.05, 3.63) is 32.5 Å². The van der Waals surface area contributed by atoms with E-state index in [1.807, 2.05) is 28.7 Å². The second kappa shape index (κ2) is 3.24. The fourth-order valence-corrected chi connectivity index (χ4v) is 2.45. The van der Waals surface area contributed by atoms with Crippen LogP contribution < -0.4 is 0 Å². The predicted molar refractivity (Wildman–Crippen MR) is 59.2 cm³/mol. The molecule has 64 valence electrons. The third-order valence-corrected chi connectivity index (χ3v) is 3.50. The lowest BCUT2D eigenvalue weighted by atomic mass is 10.2. The number of nitriles is 1. The van der Waals surface area contributed by atoms with Crippen molar-refractivity contribution in [3.63, 3.8) is 0 Å². The second-order valence-corrected chi connectivity index (χ2v) is 4.77. The smallest absolute Gasteiger partial charge is 0.137 e. The third-order valence-electron chi connectivity index (χ3n) is 1.67. The zero-order valence-electron chi connectivity index (χ0n) is 6.34. The monoisotopic (exact) mass is 303 g/mol. The highest BCUT2D eigenvalue weighted by Gasteiger charge is 2.05. The van der Waals surface area contributed by atoms with Crippen LogP contribution in [0.3, 0.4) is 0 Å². The maximum Gasteiger partial charge on any atom is 0.137 e. The van der Waals surface area contributed by atoms with Crippen LogP contribution in [0.25, 0.3) is 10.1 Å². The average Bonchev–Trinajstić information content (AvgIpc) is 2.48. The van der Waals surface area contributed by atoms with E-state index in [1.165, 1.54) is 17.4 Å². The predicted octanol–water partition coefficient (Wildman–Crippen LogP) is 3.52. The number of nitrogens with zero attached hydrogens (tertiary/aromatic N) is 1. The van der Waals surface area contributed by atoms with Gasteiger partial charge >= 0.3 is 0 Å². The number of thiophene rings is 1. The van der Waals surface area contributed by atoms with Gasteiger partial charge in [0.1, 0.15) is 16.8 Å². The van der Waals surface area contributed by atoms with Crippen molar-refractivity contribution in [1.29, 1.82) is 5.26 Å². The van der Waals surface area contributed by atoms with E-state index in [2.05, 4.69) is 0 Å². The lowest BCUT2D eigenvalue weighted by Gasteiger charge is -1.92. The molecule has 0 aliphatic heterocycles. The van der Waals surface area contributed by atoms with Crippen LogP contribution in [0.5, 0.6) is 0 Å². The number of hydrogen-bond donors (Lipinski definition) is 0. The molecule has 2 rings (SSSR count). The van der Waals surface area contributed by atoms with Crippen LogP contribution in [-0.4, -0.2) is 0 Å². The molecular formula is C9H3FINS. The lowest BCUT2D eigenvalue weighted by Crippen LogP contribution is -1.78. The Labute approximate surface area is 91.9 Å². The fourth-order valence-electron chi connectivity index (χ4n) is 1.09. The fraction of sp³-hybridized carbons (Fsp3) is 0. The summed E-state index contributed by atoms with van der Waals surface area (Å²) in [5.41, 5.74) is 0. The summed E-state index contributed by atoms with van der Waals surface area (Å²) in [5, 5.41) is 9.58. The number of rotatable bonds is 0. The van der Waals surface area contributed by atoms with Gasteiger partial charge in [0.05, 0.1) is 0 Å². The summed E-state index contributed by atoms with van der Waals surface area (Å²) in [5.74, 6) is -0.223. The van der Waals surface area contributed by atoms with Gasteiger partial charge < -0.3 is 0 Å². The highest BCUT2D eigenvalue weighted by molar-refractivity contribution is 14.1. The van der Waals surface area contributed by atoms with Gasteiger partial charge in [0.25, 0.3) is 0 Å². The van der Waals surface area contributed by atoms with Crippen molar-refractivity contribution in [2.75, 3.05) is 0 Å². The van der Waals surface area contributed by atoms with E-state index in [0.29, 0.717) is 8.45 Å². The molecule has 2 aromatic rings. The lowest BCUT2D eigenvalue weighted by molar-refractivity contribution is 0.622. The van der Waals surface area contributed by atoms with E-state index < -0.39 is 0 Å². The number of benzene rings is 1. The van der Waals surface area contributed by atoms with Crippen molar-refractivity contribution >= 4 is 44.0 Å². The zero-order chi connectivity index (χ0) is 9.42. The topological polar surface area (TPSA) is 23.8 Å². The molecule has 1 heterocycles. The highest BCUT2D eigenvalue weighted by Crippen LogP contribution is 2.28. The molecular weight excluding hydrogens is 300 g/mol. The largest absolute Gasteiger partial charge is 0.206 e. The average molecular weight is 303 g/mol. The normalized spacial score (nSPS) is 10.2. The molecule has 1 aromatic heterocycles. The first-order valence-electron chi connectivity index (χ1n) is 3.49. The molecule has 4 heteroatoms. The van der Waals surface area contributed by atoms with Gasteiger partial charge in [0, 0.05) is 8.27 Å². The first-order chi connectivity index (χ1) is 6.20. The van der Waals surface area contributed by atoms with E-state index in [4.69, 9.17) is 5.26 Å². The van der Waals surface area contributed by atoms with Crippen LogP contribution in [-0.2, 0) is 0 Å². The number of fused-ring (bicyclic) bond motifs is 1. The van der Waals surface area contributed by atoms with Gasteiger partial charge in [-0.3, -0.25) is 0 Å². The van der Waals surface area contributed by atoms with Crippen molar-refractivity contribution in [2.24, 2.45) is 0 Å². The van der Waals surface area contributed by atoms with Crippen LogP contribution >= 0.6 is 33.9 Å².